The van der Waals surface area contributed by atoms with Crippen molar-refractivity contribution in [1.82, 2.24) is 0 Å². The molecule has 1 rings (SSSR count). The second-order valence-electron chi connectivity index (χ2n) is 3.43. The lowest BCUT2D eigenvalue weighted by Crippen LogP contribution is -2.13. The number of phenolic OH excluding ortho intramolecular Hbond substituents is 1. The Labute approximate surface area is 99.5 Å². The Bertz CT molecular complexity index is 460. The van der Waals surface area contributed by atoms with Crippen LogP contribution in [0.5, 0.6) is 5.75 Å². The zero-order valence-corrected chi connectivity index (χ0v) is 9.77. The summed E-state index contributed by atoms with van der Waals surface area (Å²) < 4.78 is 4.78. The maximum Gasteiger partial charge on any atom is 0.341 e. The molecule has 0 aliphatic rings. The Morgan fingerprint density at radius 2 is 2.12 bits per heavy atom. The van der Waals surface area contributed by atoms with Crippen molar-refractivity contribution in [3.63, 3.8) is 0 Å². The highest BCUT2D eigenvalue weighted by Gasteiger charge is 2.15. The lowest BCUT2D eigenvalue weighted by Gasteiger charge is -2.03. The molecule has 1 aromatic carbocycles. The van der Waals surface area contributed by atoms with Crippen LogP contribution < -0.4 is 0 Å². The van der Waals surface area contributed by atoms with E-state index < -0.39 is 5.97 Å². The molecule has 0 fully saturated rings. The molecule has 0 spiro atoms. The number of aromatic hydroxyl groups is 1. The van der Waals surface area contributed by atoms with Gasteiger partial charge in [-0.1, -0.05) is 12.1 Å². The van der Waals surface area contributed by atoms with Gasteiger partial charge in [-0.25, -0.2) is 4.79 Å². The molecule has 0 saturated heterocycles. The summed E-state index contributed by atoms with van der Waals surface area (Å²) in [6.07, 6.45) is 1.40. The lowest BCUT2D eigenvalue weighted by molar-refractivity contribution is -0.139. The molecule has 90 valence electrons. The minimum Gasteiger partial charge on any atom is -0.508 e. The predicted octanol–water partition coefficient (Wildman–Crippen LogP) is 1.93. The molecule has 0 aromatic heterocycles. The van der Waals surface area contributed by atoms with Gasteiger partial charge in [0.2, 0.25) is 0 Å². The van der Waals surface area contributed by atoms with Gasteiger partial charge in [0.1, 0.15) is 11.3 Å². The molecule has 17 heavy (non-hydrogen) atoms. The van der Waals surface area contributed by atoms with Crippen molar-refractivity contribution in [2.45, 2.75) is 13.8 Å². The van der Waals surface area contributed by atoms with E-state index in [1.165, 1.54) is 25.1 Å². The summed E-state index contributed by atoms with van der Waals surface area (Å²) in [7, 11) is 0. The standard InChI is InChI=1S/C13H14O4/c1-3-17-13(16)12(9(2)14)8-10-5-4-6-11(15)7-10/h4-8,15H,3H2,1-2H3/b12-8+. The molecule has 0 amide bonds. The van der Waals surface area contributed by atoms with E-state index in [0.717, 1.165) is 0 Å². The minimum atomic E-state index is -0.650. The SMILES string of the molecule is CCOC(=O)/C(=C/c1cccc(O)c1)C(C)=O. The van der Waals surface area contributed by atoms with Crippen LogP contribution in [0.4, 0.5) is 0 Å². The van der Waals surface area contributed by atoms with Crippen LogP contribution in [0, 0.1) is 0 Å². The molecule has 0 aliphatic carbocycles. The van der Waals surface area contributed by atoms with Crippen LogP contribution in [0.1, 0.15) is 19.4 Å². The molecule has 0 bridgehead atoms. The van der Waals surface area contributed by atoms with Crippen molar-refractivity contribution < 1.29 is 19.4 Å². The van der Waals surface area contributed by atoms with Crippen LogP contribution in [0.15, 0.2) is 29.8 Å². The van der Waals surface area contributed by atoms with Crippen LogP contribution in [-0.4, -0.2) is 23.5 Å². The highest BCUT2D eigenvalue weighted by Crippen LogP contribution is 2.15. The number of benzene rings is 1. The largest absolute Gasteiger partial charge is 0.508 e. The average Bonchev–Trinajstić information content (AvgIpc) is 2.26. The molecule has 1 N–H and O–H groups in total. The van der Waals surface area contributed by atoms with E-state index in [0.29, 0.717) is 5.56 Å². The fourth-order valence-electron chi connectivity index (χ4n) is 1.29. The van der Waals surface area contributed by atoms with Crippen LogP contribution in [0.2, 0.25) is 0 Å². The summed E-state index contributed by atoms with van der Waals surface area (Å²) in [5.41, 5.74) is 0.542. The maximum absolute atomic E-state index is 11.5. The van der Waals surface area contributed by atoms with Gasteiger partial charge >= 0.3 is 5.97 Å². The molecule has 0 saturated carbocycles. The fourth-order valence-corrected chi connectivity index (χ4v) is 1.29. The van der Waals surface area contributed by atoms with Crippen molar-refractivity contribution in [2.75, 3.05) is 6.61 Å². The fraction of sp³-hybridized carbons (Fsp3) is 0.231. The topological polar surface area (TPSA) is 63.6 Å². The zero-order chi connectivity index (χ0) is 12.8. The third-order valence-corrected chi connectivity index (χ3v) is 2.06. The highest BCUT2D eigenvalue weighted by molar-refractivity contribution is 6.19. The summed E-state index contributed by atoms with van der Waals surface area (Å²) in [5.74, 6) is -0.944. The Morgan fingerprint density at radius 3 is 2.65 bits per heavy atom. The second-order valence-corrected chi connectivity index (χ2v) is 3.43. The van der Waals surface area contributed by atoms with Gasteiger partial charge in [0, 0.05) is 0 Å². The van der Waals surface area contributed by atoms with Crippen molar-refractivity contribution in [1.29, 1.82) is 0 Å². The number of carbonyl (C=O) groups excluding carboxylic acids is 2. The highest BCUT2D eigenvalue weighted by atomic mass is 16.5. The molecule has 4 heteroatoms. The number of esters is 1. The van der Waals surface area contributed by atoms with Gasteiger partial charge in [-0.2, -0.15) is 0 Å². The maximum atomic E-state index is 11.5. The summed E-state index contributed by atoms with van der Waals surface area (Å²) in [5, 5.41) is 9.28. The number of hydrogen-bond acceptors (Lipinski definition) is 4. The van der Waals surface area contributed by atoms with E-state index in [4.69, 9.17) is 4.74 Å². The zero-order valence-electron chi connectivity index (χ0n) is 9.77. The predicted molar refractivity (Wildman–Crippen MR) is 63.4 cm³/mol. The number of rotatable bonds is 4. The van der Waals surface area contributed by atoms with Crippen LogP contribution in [0.25, 0.3) is 6.08 Å². The number of carbonyl (C=O) groups is 2. The van der Waals surface area contributed by atoms with Crippen molar-refractivity contribution in [2.24, 2.45) is 0 Å². The number of ether oxygens (including phenoxy) is 1. The van der Waals surface area contributed by atoms with E-state index in [9.17, 15) is 14.7 Å². The Morgan fingerprint density at radius 1 is 1.41 bits per heavy atom. The average molecular weight is 234 g/mol. The molecule has 0 heterocycles. The number of Topliss-reactive ketones (excluding diaryl/α,β-unsaturated/α-hetero) is 1. The van der Waals surface area contributed by atoms with E-state index in [1.54, 1.807) is 19.1 Å². The van der Waals surface area contributed by atoms with Gasteiger partial charge in [-0.15, -0.1) is 0 Å². The molecule has 0 atom stereocenters. The van der Waals surface area contributed by atoms with Crippen LogP contribution in [-0.2, 0) is 14.3 Å². The lowest BCUT2D eigenvalue weighted by atomic mass is 10.1. The van der Waals surface area contributed by atoms with Crippen molar-refractivity contribution >= 4 is 17.8 Å². The molecule has 1 aromatic rings. The van der Waals surface area contributed by atoms with Gasteiger partial charge < -0.3 is 9.84 Å². The normalized spacial score (nSPS) is 11.1. The molecular formula is C13H14O4. The molecular weight excluding hydrogens is 220 g/mol. The van der Waals surface area contributed by atoms with E-state index in [1.807, 2.05) is 0 Å². The number of ketones is 1. The third-order valence-electron chi connectivity index (χ3n) is 2.06. The first kappa shape index (κ1) is 13.0. The first-order valence-electron chi connectivity index (χ1n) is 5.23. The van der Waals surface area contributed by atoms with E-state index >= 15 is 0 Å². The Hall–Kier alpha value is -2.10. The third kappa shape index (κ3) is 3.75. The van der Waals surface area contributed by atoms with Gasteiger partial charge in [0.15, 0.2) is 5.78 Å². The summed E-state index contributed by atoms with van der Waals surface area (Å²) in [4.78, 5) is 22.8. The van der Waals surface area contributed by atoms with Crippen molar-refractivity contribution in [3.8, 4) is 5.75 Å². The van der Waals surface area contributed by atoms with Gasteiger partial charge in [-0.05, 0) is 37.6 Å². The molecule has 4 nitrogen and oxygen atoms in total. The molecule has 0 unspecified atom stereocenters. The van der Waals surface area contributed by atoms with Crippen LogP contribution >= 0.6 is 0 Å². The van der Waals surface area contributed by atoms with Gasteiger partial charge in [0.05, 0.1) is 6.61 Å². The van der Waals surface area contributed by atoms with Crippen LogP contribution in [0.3, 0.4) is 0 Å². The Balaban J connectivity index is 3.06. The first-order chi connectivity index (χ1) is 8.04. The second kappa shape index (κ2) is 5.84. The van der Waals surface area contributed by atoms with E-state index in [2.05, 4.69) is 0 Å². The van der Waals surface area contributed by atoms with Gasteiger partial charge in [-0.3, -0.25) is 4.79 Å². The summed E-state index contributed by atoms with van der Waals surface area (Å²) in [6.45, 7) is 3.18. The molecule has 0 radical (unpaired) electrons. The monoisotopic (exact) mass is 234 g/mol. The quantitative estimate of drug-likeness (QED) is 0.374. The minimum absolute atomic E-state index is 0.0301. The Kier molecular flexibility index (Phi) is 4.46. The summed E-state index contributed by atoms with van der Waals surface area (Å²) in [6, 6.07) is 6.28. The van der Waals surface area contributed by atoms with Crippen molar-refractivity contribution in [3.05, 3.63) is 35.4 Å². The molecule has 0 aliphatic heterocycles. The summed E-state index contributed by atoms with van der Waals surface area (Å²) >= 11 is 0. The number of hydrogen-bond donors (Lipinski definition) is 1. The van der Waals surface area contributed by atoms with E-state index in [-0.39, 0.29) is 23.7 Å². The van der Waals surface area contributed by atoms with Gasteiger partial charge in [0.25, 0.3) is 0 Å². The first-order valence-corrected chi connectivity index (χ1v) is 5.23. The number of phenols is 1. The smallest absolute Gasteiger partial charge is 0.341 e.